The molecular formula is C14H23N3O3. The number of carbonyl (C=O) groups excluding carboxylic acids is 1. The maximum Gasteiger partial charge on any atom is 0.354 e. The van der Waals surface area contributed by atoms with Gasteiger partial charge in [-0.1, -0.05) is 26.2 Å². The average Bonchev–Trinajstić information content (AvgIpc) is 2.87. The number of hydrogen-bond acceptors (Lipinski definition) is 3. The summed E-state index contributed by atoms with van der Waals surface area (Å²) in [6, 6.07) is 0.835. The van der Waals surface area contributed by atoms with Crippen molar-refractivity contribution in [2.45, 2.75) is 58.5 Å². The van der Waals surface area contributed by atoms with Gasteiger partial charge in [0.25, 0.3) is 0 Å². The van der Waals surface area contributed by atoms with Crippen molar-refractivity contribution in [1.29, 1.82) is 0 Å². The Labute approximate surface area is 119 Å². The molecule has 1 heterocycles. The third-order valence-electron chi connectivity index (χ3n) is 3.27. The van der Waals surface area contributed by atoms with Gasteiger partial charge in [-0.05, 0) is 26.3 Å². The van der Waals surface area contributed by atoms with Gasteiger partial charge in [-0.15, -0.1) is 0 Å². The summed E-state index contributed by atoms with van der Waals surface area (Å²) in [7, 11) is 0. The molecule has 0 aliphatic rings. The van der Waals surface area contributed by atoms with E-state index in [2.05, 4.69) is 17.3 Å². The molecule has 112 valence electrons. The predicted octanol–water partition coefficient (Wildman–Crippen LogP) is 2.23. The van der Waals surface area contributed by atoms with E-state index < -0.39 is 12.0 Å². The molecule has 0 saturated carbocycles. The standard InChI is InChI=1S/C14H23N3O3/c1-4-5-6-7-10(2)16-13(18)11(3)17-12(14(19)20)8-9-15-17/h8-11H,4-7H2,1-3H3,(H,16,18)(H,19,20). The van der Waals surface area contributed by atoms with E-state index in [-0.39, 0.29) is 17.6 Å². The van der Waals surface area contributed by atoms with Gasteiger partial charge < -0.3 is 10.4 Å². The zero-order valence-electron chi connectivity index (χ0n) is 12.3. The first-order valence-corrected chi connectivity index (χ1v) is 7.04. The first kappa shape index (κ1) is 16.2. The van der Waals surface area contributed by atoms with Crippen LogP contribution < -0.4 is 5.32 Å². The van der Waals surface area contributed by atoms with Crippen LogP contribution in [0, 0.1) is 0 Å². The van der Waals surface area contributed by atoms with Gasteiger partial charge in [0.15, 0.2) is 0 Å². The van der Waals surface area contributed by atoms with Crippen LogP contribution in [0.5, 0.6) is 0 Å². The fourth-order valence-corrected chi connectivity index (χ4v) is 2.04. The fraction of sp³-hybridized carbons (Fsp3) is 0.643. The molecule has 20 heavy (non-hydrogen) atoms. The lowest BCUT2D eigenvalue weighted by Crippen LogP contribution is -2.38. The Morgan fingerprint density at radius 3 is 2.70 bits per heavy atom. The highest BCUT2D eigenvalue weighted by molar-refractivity contribution is 5.87. The molecule has 1 aromatic rings. The number of hydrogen-bond donors (Lipinski definition) is 2. The number of amides is 1. The summed E-state index contributed by atoms with van der Waals surface area (Å²) in [6.45, 7) is 5.74. The van der Waals surface area contributed by atoms with Crippen LogP contribution in [0.4, 0.5) is 0 Å². The van der Waals surface area contributed by atoms with Crippen molar-refractivity contribution in [3.05, 3.63) is 18.0 Å². The molecule has 0 bridgehead atoms. The lowest BCUT2D eigenvalue weighted by molar-refractivity contribution is -0.124. The Kier molecular flexibility index (Phi) is 6.21. The Morgan fingerprint density at radius 2 is 2.10 bits per heavy atom. The van der Waals surface area contributed by atoms with E-state index in [1.807, 2.05) is 6.92 Å². The smallest absolute Gasteiger partial charge is 0.354 e. The van der Waals surface area contributed by atoms with E-state index in [9.17, 15) is 9.59 Å². The van der Waals surface area contributed by atoms with Crippen molar-refractivity contribution in [2.24, 2.45) is 0 Å². The van der Waals surface area contributed by atoms with Gasteiger partial charge in [0.1, 0.15) is 11.7 Å². The number of rotatable bonds is 8. The summed E-state index contributed by atoms with van der Waals surface area (Å²) in [5.74, 6) is -1.29. The Hall–Kier alpha value is -1.85. The number of carboxylic acid groups (broad SMARTS) is 1. The molecule has 2 N–H and O–H groups in total. The molecule has 0 fully saturated rings. The Bertz CT molecular complexity index is 456. The molecule has 6 heteroatoms. The maximum absolute atomic E-state index is 12.1. The minimum Gasteiger partial charge on any atom is -0.477 e. The summed E-state index contributed by atoms with van der Waals surface area (Å²) in [5, 5.41) is 15.8. The molecule has 1 aromatic heterocycles. The topological polar surface area (TPSA) is 84.2 Å². The summed E-state index contributed by atoms with van der Waals surface area (Å²) in [5.41, 5.74) is 0.0197. The van der Waals surface area contributed by atoms with Gasteiger partial charge in [0.2, 0.25) is 5.91 Å². The van der Waals surface area contributed by atoms with Crippen LogP contribution in [0.2, 0.25) is 0 Å². The highest BCUT2D eigenvalue weighted by Crippen LogP contribution is 2.11. The molecule has 1 rings (SSSR count). The molecule has 2 unspecified atom stereocenters. The number of aromatic nitrogens is 2. The van der Waals surface area contributed by atoms with Crippen LogP contribution in [-0.4, -0.2) is 32.8 Å². The second kappa shape index (κ2) is 7.67. The monoisotopic (exact) mass is 281 g/mol. The summed E-state index contributed by atoms with van der Waals surface area (Å²) < 4.78 is 1.23. The molecule has 1 amide bonds. The van der Waals surface area contributed by atoms with E-state index in [0.29, 0.717) is 0 Å². The van der Waals surface area contributed by atoms with Crippen molar-refractivity contribution in [2.75, 3.05) is 0 Å². The number of aromatic carboxylic acids is 1. The molecule has 0 spiro atoms. The fourth-order valence-electron chi connectivity index (χ4n) is 2.04. The van der Waals surface area contributed by atoms with Gasteiger partial charge >= 0.3 is 5.97 Å². The number of carbonyl (C=O) groups is 2. The summed E-state index contributed by atoms with van der Waals surface area (Å²) in [6.07, 6.45) is 5.69. The number of nitrogens with one attached hydrogen (secondary N) is 1. The van der Waals surface area contributed by atoms with Gasteiger partial charge in [-0.3, -0.25) is 4.79 Å². The largest absolute Gasteiger partial charge is 0.477 e. The first-order chi connectivity index (χ1) is 9.47. The van der Waals surface area contributed by atoms with Crippen molar-refractivity contribution in [3.63, 3.8) is 0 Å². The van der Waals surface area contributed by atoms with E-state index in [1.54, 1.807) is 6.92 Å². The zero-order chi connectivity index (χ0) is 15.1. The lowest BCUT2D eigenvalue weighted by Gasteiger charge is -2.18. The minimum atomic E-state index is -1.09. The van der Waals surface area contributed by atoms with E-state index in [0.717, 1.165) is 25.7 Å². The molecule has 2 atom stereocenters. The zero-order valence-corrected chi connectivity index (χ0v) is 12.3. The number of carboxylic acids is 1. The highest BCUT2D eigenvalue weighted by atomic mass is 16.4. The van der Waals surface area contributed by atoms with Gasteiger partial charge in [-0.25, -0.2) is 9.48 Å². The third kappa shape index (κ3) is 4.36. The molecular weight excluding hydrogens is 258 g/mol. The molecule has 0 aliphatic carbocycles. The van der Waals surface area contributed by atoms with E-state index in [1.165, 1.54) is 16.9 Å². The molecule has 0 aromatic carbocycles. The maximum atomic E-state index is 12.1. The van der Waals surface area contributed by atoms with E-state index in [4.69, 9.17) is 5.11 Å². The highest BCUT2D eigenvalue weighted by Gasteiger charge is 2.22. The van der Waals surface area contributed by atoms with Crippen LogP contribution >= 0.6 is 0 Å². The van der Waals surface area contributed by atoms with Gasteiger partial charge in [0, 0.05) is 12.2 Å². The molecule has 0 radical (unpaired) electrons. The molecule has 0 saturated heterocycles. The second-order valence-electron chi connectivity index (χ2n) is 5.05. The van der Waals surface area contributed by atoms with Crippen LogP contribution in [0.25, 0.3) is 0 Å². The normalized spacial score (nSPS) is 13.8. The average molecular weight is 281 g/mol. The SMILES string of the molecule is CCCCCC(C)NC(=O)C(C)n1nccc1C(=O)O. The summed E-state index contributed by atoms with van der Waals surface area (Å²) in [4.78, 5) is 23.1. The van der Waals surface area contributed by atoms with Crippen LogP contribution in [0.15, 0.2) is 12.3 Å². The minimum absolute atomic E-state index is 0.0197. The molecule has 6 nitrogen and oxygen atoms in total. The van der Waals surface area contributed by atoms with Crippen molar-refractivity contribution < 1.29 is 14.7 Å². The van der Waals surface area contributed by atoms with Crippen LogP contribution in [0.3, 0.4) is 0 Å². The molecule has 0 aliphatic heterocycles. The third-order valence-corrected chi connectivity index (χ3v) is 3.27. The van der Waals surface area contributed by atoms with Crippen molar-refractivity contribution >= 4 is 11.9 Å². The lowest BCUT2D eigenvalue weighted by atomic mass is 10.1. The van der Waals surface area contributed by atoms with Gasteiger partial charge in [-0.2, -0.15) is 5.10 Å². The predicted molar refractivity (Wildman–Crippen MR) is 75.6 cm³/mol. The Balaban J connectivity index is 2.58. The number of nitrogens with zero attached hydrogens (tertiary/aromatic N) is 2. The second-order valence-corrected chi connectivity index (χ2v) is 5.05. The van der Waals surface area contributed by atoms with Crippen molar-refractivity contribution in [3.8, 4) is 0 Å². The Morgan fingerprint density at radius 1 is 1.40 bits per heavy atom. The summed E-state index contributed by atoms with van der Waals surface area (Å²) >= 11 is 0. The first-order valence-electron chi connectivity index (χ1n) is 7.04. The van der Waals surface area contributed by atoms with E-state index >= 15 is 0 Å². The quantitative estimate of drug-likeness (QED) is 0.716. The number of unbranched alkanes of at least 4 members (excludes halogenated alkanes) is 2. The van der Waals surface area contributed by atoms with Crippen molar-refractivity contribution in [1.82, 2.24) is 15.1 Å². The van der Waals surface area contributed by atoms with Gasteiger partial charge in [0.05, 0.1) is 0 Å². The van der Waals surface area contributed by atoms with Crippen LogP contribution in [0.1, 0.15) is 63.0 Å². The van der Waals surface area contributed by atoms with Crippen LogP contribution in [-0.2, 0) is 4.79 Å².